The van der Waals surface area contributed by atoms with E-state index in [1.807, 2.05) is 0 Å². The fraction of sp³-hybridized carbons (Fsp3) is 0. The molecule has 0 atom stereocenters. The van der Waals surface area contributed by atoms with Crippen molar-refractivity contribution in [3.8, 4) is 0 Å². The minimum atomic E-state index is -1.08. The zero-order chi connectivity index (χ0) is 10.4. The second-order valence-electron chi connectivity index (χ2n) is 1.80. The number of pyridine rings is 1. The van der Waals surface area contributed by atoms with Crippen molar-refractivity contribution in [2.75, 3.05) is 0 Å². The minimum Gasteiger partial charge on any atom is -0.478 e. The molecular formula is C8H7BrClNO2. The molecule has 0 aliphatic rings. The second kappa shape index (κ2) is 5.72. The number of hydrogen-bond donors (Lipinski definition) is 1. The molecule has 0 fully saturated rings. The Kier molecular flexibility index (Phi) is 5.34. The first-order valence-electron chi connectivity index (χ1n) is 3.15. The largest absolute Gasteiger partial charge is 0.478 e. The third-order valence-corrected chi connectivity index (χ3v) is 1.77. The SMILES string of the molecule is C=C.O=C(O)c1cc(Br)cnc1Cl. The van der Waals surface area contributed by atoms with Crippen molar-refractivity contribution in [2.24, 2.45) is 0 Å². The summed E-state index contributed by atoms with van der Waals surface area (Å²) in [5.74, 6) is -1.08. The average molecular weight is 265 g/mol. The monoisotopic (exact) mass is 263 g/mol. The molecule has 0 aromatic carbocycles. The number of nitrogens with zero attached hydrogens (tertiary/aromatic N) is 1. The molecule has 0 bridgehead atoms. The van der Waals surface area contributed by atoms with E-state index < -0.39 is 5.97 Å². The van der Waals surface area contributed by atoms with E-state index in [4.69, 9.17) is 16.7 Å². The number of carbonyl (C=O) groups is 1. The van der Waals surface area contributed by atoms with E-state index in [0.717, 1.165) is 0 Å². The van der Waals surface area contributed by atoms with Crippen LogP contribution in [0.15, 0.2) is 29.9 Å². The van der Waals surface area contributed by atoms with Gasteiger partial charge in [-0.05, 0) is 22.0 Å². The van der Waals surface area contributed by atoms with Gasteiger partial charge in [0, 0.05) is 10.7 Å². The number of carboxylic acid groups (broad SMARTS) is 1. The fourth-order valence-corrected chi connectivity index (χ4v) is 1.09. The summed E-state index contributed by atoms with van der Waals surface area (Å²) in [5.41, 5.74) is 0.000965. The highest BCUT2D eigenvalue weighted by molar-refractivity contribution is 9.10. The first-order valence-corrected chi connectivity index (χ1v) is 4.32. The maximum absolute atomic E-state index is 10.4. The smallest absolute Gasteiger partial charge is 0.338 e. The van der Waals surface area contributed by atoms with Gasteiger partial charge >= 0.3 is 5.97 Å². The molecule has 1 aromatic rings. The van der Waals surface area contributed by atoms with E-state index in [-0.39, 0.29) is 10.7 Å². The van der Waals surface area contributed by atoms with Crippen molar-refractivity contribution in [1.29, 1.82) is 0 Å². The first kappa shape index (κ1) is 12.1. The van der Waals surface area contributed by atoms with E-state index in [0.29, 0.717) is 4.47 Å². The van der Waals surface area contributed by atoms with Gasteiger partial charge in [0.1, 0.15) is 5.15 Å². The molecule has 0 aliphatic carbocycles. The van der Waals surface area contributed by atoms with Crippen LogP contribution in [0.5, 0.6) is 0 Å². The molecule has 0 amide bonds. The van der Waals surface area contributed by atoms with Gasteiger partial charge in [0.05, 0.1) is 5.56 Å². The van der Waals surface area contributed by atoms with Gasteiger partial charge < -0.3 is 5.11 Å². The van der Waals surface area contributed by atoms with E-state index in [1.54, 1.807) is 0 Å². The zero-order valence-electron chi connectivity index (χ0n) is 6.63. The Hall–Kier alpha value is -0.870. The summed E-state index contributed by atoms with van der Waals surface area (Å²) in [6.07, 6.45) is 1.44. The van der Waals surface area contributed by atoms with Crippen LogP contribution in [0.4, 0.5) is 0 Å². The van der Waals surface area contributed by atoms with Gasteiger partial charge in [-0.1, -0.05) is 11.6 Å². The average Bonchev–Trinajstić information content (AvgIpc) is 2.12. The lowest BCUT2D eigenvalue weighted by atomic mass is 10.3. The van der Waals surface area contributed by atoms with Gasteiger partial charge in [0.2, 0.25) is 0 Å². The number of aromatic carboxylic acids is 1. The van der Waals surface area contributed by atoms with Crippen LogP contribution >= 0.6 is 27.5 Å². The number of carboxylic acids is 1. The van der Waals surface area contributed by atoms with Gasteiger partial charge in [-0.25, -0.2) is 9.78 Å². The Bertz CT molecular complexity index is 317. The van der Waals surface area contributed by atoms with Crippen molar-refractivity contribution in [3.05, 3.63) is 40.6 Å². The van der Waals surface area contributed by atoms with Crippen molar-refractivity contribution in [3.63, 3.8) is 0 Å². The molecule has 1 N–H and O–H groups in total. The molecule has 1 heterocycles. The zero-order valence-corrected chi connectivity index (χ0v) is 8.97. The third kappa shape index (κ3) is 3.57. The molecule has 1 rings (SSSR count). The summed E-state index contributed by atoms with van der Waals surface area (Å²) in [7, 11) is 0. The van der Waals surface area contributed by atoms with Gasteiger partial charge in [0.15, 0.2) is 0 Å². The quantitative estimate of drug-likeness (QED) is 0.626. The molecule has 13 heavy (non-hydrogen) atoms. The highest BCUT2D eigenvalue weighted by Gasteiger charge is 2.09. The maximum atomic E-state index is 10.4. The Morgan fingerprint density at radius 2 is 2.15 bits per heavy atom. The first-order chi connectivity index (χ1) is 6.11. The van der Waals surface area contributed by atoms with Crippen LogP contribution in [-0.4, -0.2) is 16.1 Å². The summed E-state index contributed by atoms with van der Waals surface area (Å²) in [6, 6.07) is 1.40. The van der Waals surface area contributed by atoms with Crippen molar-refractivity contribution in [2.45, 2.75) is 0 Å². The molecule has 0 spiro atoms. The summed E-state index contributed by atoms with van der Waals surface area (Å²) in [6.45, 7) is 6.00. The standard InChI is InChI=1S/C6H3BrClNO2.C2H4/c7-3-1-4(6(10)11)5(8)9-2-3;1-2/h1-2H,(H,10,11);1-2H2. The summed E-state index contributed by atoms with van der Waals surface area (Å²) in [5, 5.41) is 8.55. The Morgan fingerprint density at radius 1 is 1.62 bits per heavy atom. The van der Waals surface area contributed by atoms with Gasteiger partial charge in [-0.15, -0.1) is 13.2 Å². The third-order valence-electron chi connectivity index (χ3n) is 1.04. The lowest BCUT2D eigenvalue weighted by molar-refractivity contribution is 0.0696. The van der Waals surface area contributed by atoms with Crippen molar-refractivity contribution >= 4 is 33.5 Å². The summed E-state index contributed by atoms with van der Waals surface area (Å²) in [4.78, 5) is 14.1. The van der Waals surface area contributed by atoms with Crippen LogP contribution in [0.3, 0.4) is 0 Å². The normalized spacial score (nSPS) is 8.46. The van der Waals surface area contributed by atoms with E-state index >= 15 is 0 Å². The van der Waals surface area contributed by atoms with E-state index in [9.17, 15) is 4.79 Å². The molecule has 5 heteroatoms. The molecule has 0 aliphatic heterocycles. The van der Waals surface area contributed by atoms with Crippen LogP contribution in [0.2, 0.25) is 5.15 Å². The lowest BCUT2D eigenvalue weighted by Gasteiger charge is -1.96. The van der Waals surface area contributed by atoms with Crippen LogP contribution in [0.1, 0.15) is 10.4 Å². The van der Waals surface area contributed by atoms with Crippen molar-refractivity contribution < 1.29 is 9.90 Å². The lowest BCUT2D eigenvalue weighted by Crippen LogP contribution is -1.98. The van der Waals surface area contributed by atoms with Crippen LogP contribution in [-0.2, 0) is 0 Å². The molecule has 3 nitrogen and oxygen atoms in total. The molecule has 0 saturated carbocycles. The number of halogens is 2. The summed E-state index contributed by atoms with van der Waals surface area (Å²) >= 11 is 8.56. The van der Waals surface area contributed by atoms with Gasteiger partial charge in [-0.2, -0.15) is 0 Å². The highest BCUT2D eigenvalue weighted by Crippen LogP contribution is 2.17. The van der Waals surface area contributed by atoms with Crippen LogP contribution < -0.4 is 0 Å². The second-order valence-corrected chi connectivity index (χ2v) is 3.07. The van der Waals surface area contributed by atoms with Gasteiger partial charge in [-0.3, -0.25) is 0 Å². The molecular weight excluding hydrogens is 257 g/mol. The highest BCUT2D eigenvalue weighted by atomic mass is 79.9. The number of hydrogen-bond acceptors (Lipinski definition) is 2. The predicted molar refractivity (Wildman–Crippen MR) is 55.2 cm³/mol. The predicted octanol–water partition coefficient (Wildman–Crippen LogP) is 3.00. The Labute approximate surface area is 89.2 Å². The van der Waals surface area contributed by atoms with Crippen molar-refractivity contribution in [1.82, 2.24) is 4.98 Å². The molecule has 0 radical (unpaired) electrons. The molecule has 0 unspecified atom stereocenters. The Balaban J connectivity index is 0.000000671. The summed E-state index contributed by atoms with van der Waals surface area (Å²) < 4.78 is 0.597. The van der Waals surface area contributed by atoms with Crippen LogP contribution in [0.25, 0.3) is 0 Å². The topological polar surface area (TPSA) is 50.2 Å². The number of aromatic nitrogens is 1. The fourth-order valence-electron chi connectivity index (χ4n) is 0.573. The Morgan fingerprint density at radius 3 is 2.54 bits per heavy atom. The van der Waals surface area contributed by atoms with Crippen LogP contribution in [0, 0.1) is 0 Å². The molecule has 1 aromatic heterocycles. The molecule has 70 valence electrons. The van der Waals surface area contributed by atoms with E-state index in [1.165, 1.54) is 12.3 Å². The minimum absolute atomic E-state index is 0.000648. The van der Waals surface area contributed by atoms with E-state index in [2.05, 4.69) is 34.1 Å². The van der Waals surface area contributed by atoms with Gasteiger partial charge in [0.25, 0.3) is 0 Å². The molecule has 0 saturated heterocycles. The number of rotatable bonds is 1. The maximum Gasteiger partial charge on any atom is 0.338 e.